The third kappa shape index (κ3) is 4.77. The molecule has 0 radical (unpaired) electrons. The van der Waals surface area contributed by atoms with Crippen LogP contribution in [-0.4, -0.2) is 72.3 Å². The highest BCUT2D eigenvalue weighted by atomic mass is 31.2. The van der Waals surface area contributed by atoms with Gasteiger partial charge >= 0.3 is 5.69 Å². The van der Waals surface area contributed by atoms with Gasteiger partial charge in [0.15, 0.2) is 6.23 Å². The van der Waals surface area contributed by atoms with Gasteiger partial charge in [-0.25, -0.2) is 4.79 Å². The number of hydrogen-bond acceptors (Lipinski definition) is 7. The van der Waals surface area contributed by atoms with Crippen LogP contribution in [0.5, 0.6) is 0 Å². The van der Waals surface area contributed by atoms with Crippen LogP contribution in [-0.2, 0) is 18.8 Å². The fraction of sp³-hybridized carbons (Fsp3) is 0.750. The number of aliphatic hydroxyl groups excluding tert-OH is 1. The average molecular weight is 426 g/mol. The van der Waals surface area contributed by atoms with Crippen LogP contribution < -0.4 is 11.2 Å². The Morgan fingerprint density at radius 3 is 2.57 bits per heavy atom. The first-order valence-electron chi connectivity index (χ1n) is 8.58. The molecule has 1 aliphatic rings. The summed E-state index contributed by atoms with van der Waals surface area (Å²) in [7, 11) is -2.38. The summed E-state index contributed by atoms with van der Waals surface area (Å²) in [6.07, 6.45) is -5.18. The molecule has 0 amide bonds. The van der Waals surface area contributed by atoms with Crippen molar-refractivity contribution in [2.24, 2.45) is 0 Å². The van der Waals surface area contributed by atoms with Crippen LogP contribution in [0.2, 0.25) is 0 Å². The topological polar surface area (TPSA) is 120 Å². The number of alkyl halides is 2. The van der Waals surface area contributed by atoms with E-state index in [-0.39, 0.29) is 18.8 Å². The molecule has 160 valence electrons. The normalized spacial score (nSPS) is 26.0. The second kappa shape index (κ2) is 8.54. The van der Waals surface area contributed by atoms with E-state index in [9.17, 15) is 28.0 Å². The molecule has 0 unspecified atom stereocenters. The van der Waals surface area contributed by atoms with Gasteiger partial charge in [-0.1, -0.05) is 0 Å². The predicted molar refractivity (Wildman–Crippen MR) is 96.6 cm³/mol. The van der Waals surface area contributed by atoms with Gasteiger partial charge in [0.2, 0.25) is 0 Å². The quantitative estimate of drug-likeness (QED) is 0.465. The minimum absolute atomic E-state index is 0.0122. The van der Waals surface area contributed by atoms with Crippen molar-refractivity contribution in [2.45, 2.75) is 43.5 Å². The van der Waals surface area contributed by atoms with Gasteiger partial charge in [-0.15, -0.1) is 0 Å². The van der Waals surface area contributed by atoms with E-state index in [0.29, 0.717) is 0 Å². The monoisotopic (exact) mass is 426 g/mol. The van der Waals surface area contributed by atoms with Crippen LogP contribution in [0.4, 0.5) is 8.78 Å². The summed E-state index contributed by atoms with van der Waals surface area (Å²) in [6.45, 7) is 3.53. The highest BCUT2D eigenvalue weighted by Crippen LogP contribution is 2.57. The molecule has 1 aromatic heterocycles. The Kier molecular flexibility index (Phi) is 6.99. The molecular formula is C16H25F2N2O7P. The summed E-state index contributed by atoms with van der Waals surface area (Å²) in [6, 6.07) is 0. The highest BCUT2D eigenvalue weighted by molar-refractivity contribution is 7.63. The molecule has 1 fully saturated rings. The number of hydrogen-bond donors (Lipinski definition) is 2. The minimum Gasteiger partial charge on any atom is -0.388 e. The van der Waals surface area contributed by atoms with Gasteiger partial charge in [-0.05, 0) is 20.3 Å². The van der Waals surface area contributed by atoms with Crippen LogP contribution in [0.15, 0.2) is 15.8 Å². The van der Waals surface area contributed by atoms with E-state index in [4.69, 9.17) is 14.2 Å². The number of aliphatic hydroxyl groups is 1. The van der Waals surface area contributed by atoms with Crippen molar-refractivity contribution in [3.8, 4) is 0 Å². The maximum Gasteiger partial charge on any atom is 0.330 e. The van der Waals surface area contributed by atoms with Gasteiger partial charge < -0.3 is 23.9 Å². The molecule has 28 heavy (non-hydrogen) atoms. The molecule has 0 aliphatic carbocycles. The number of aromatic amines is 1. The number of H-pyrrole nitrogens is 1. The van der Waals surface area contributed by atoms with E-state index in [1.165, 1.54) is 20.2 Å². The molecule has 1 saturated heterocycles. The van der Waals surface area contributed by atoms with E-state index in [0.717, 1.165) is 17.9 Å². The summed E-state index contributed by atoms with van der Waals surface area (Å²) in [4.78, 5) is 25.9. The number of ether oxygens (including phenoxy) is 3. The number of rotatable bonds is 8. The van der Waals surface area contributed by atoms with Crippen molar-refractivity contribution in [3.63, 3.8) is 0 Å². The van der Waals surface area contributed by atoms with Crippen LogP contribution >= 0.6 is 7.14 Å². The Morgan fingerprint density at radius 1 is 1.36 bits per heavy atom. The minimum atomic E-state index is -3.81. The molecular weight excluding hydrogens is 401 g/mol. The first-order chi connectivity index (χ1) is 12.9. The lowest BCUT2D eigenvalue weighted by molar-refractivity contribution is -0.0841. The molecule has 0 bridgehead atoms. The lowest BCUT2D eigenvalue weighted by Gasteiger charge is -2.25. The maximum absolute atomic E-state index is 14.3. The molecule has 0 spiro atoms. The maximum atomic E-state index is 14.3. The summed E-state index contributed by atoms with van der Waals surface area (Å²) < 4.78 is 57.3. The van der Waals surface area contributed by atoms with Gasteiger partial charge in [0.25, 0.3) is 11.2 Å². The number of nitrogens with zero attached hydrogens (tertiary/aromatic N) is 1. The number of aryl methyl sites for hydroxylation is 1. The Labute approximate surface area is 160 Å². The van der Waals surface area contributed by atoms with Gasteiger partial charge in [-0.2, -0.15) is 8.78 Å². The molecule has 1 aliphatic heterocycles. The largest absolute Gasteiger partial charge is 0.388 e. The summed E-state index contributed by atoms with van der Waals surface area (Å²) in [5.41, 5.74) is -4.82. The van der Waals surface area contributed by atoms with Gasteiger partial charge in [0.05, 0.1) is 19.3 Å². The van der Waals surface area contributed by atoms with Crippen LogP contribution in [0, 0.1) is 6.92 Å². The summed E-state index contributed by atoms with van der Waals surface area (Å²) in [5, 5.41) is 10.5. The molecule has 1 aromatic rings. The van der Waals surface area contributed by atoms with Crippen molar-refractivity contribution in [2.75, 3.05) is 33.7 Å². The Balaban J connectivity index is 2.37. The highest BCUT2D eigenvalue weighted by Gasteiger charge is 2.53. The lowest BCUT2D eigenvalue weighted by atomic mass is 10.1. The molecule has 9 nitrogen and oxygen atoms in total. The zero-order chi connectivity index (χ0) is 21.3. The second-order valence-electron chi connectivity index (χ2n) is 7.08. The summed E-state index contributed by atoms with van der Waals surface area (Å²) in [5.74, 6) is 0. The number of aromatic nitrogens is 2. The lowest BCUT2D eigenvalue weighted by Crippen LogP contribution is -2.40. The Hall–Kier alpha value is -1.39. The number of nitrogens with one attached hydrogen (secondary N) is 1. The van der Waals surface area contributed by atoms with Gasteiger partial charge in [0.1, 0.15) is 19.3 Å². The van der Waals surface area contributed by atoms with Crippen LogP contribution in [0.25, 0.3) is 0 Å². The molecule has 12 heteroatoms. The van der Waals surface area contributed by atoms with Crippen LogP contribution in [0.3, 0.4) is 0 Å². The van der Waals surface area contributed by atoms with E-state index in [1.54, 1.807) is 0 Å². The van der Waals surface area contributed by atoms with E-state index >= 15 is 0 Å². The van der Waals surface area contributed by atoms with Crippen molar-refractivity contribution >= 4 is 7.14 Å². The fourth-order valence-electron chi connectivity index (χ4n) is 2.80. The molecule has 0 aromatic carbocycles. The van der Waals surface area contributed by atoms with Gasteiger partial charge in [-0.3, -0.25) is 14.3 Å². The standard InChI is InChI=1S/C16H25F2N2O7P/c1-9-8-20(15(23)19-13(9)22)14-12(26-6-5-25-2)11(21)10(27-14)7-16(17,18)28(3,4)24/h8,10-12,14,21H,5-7H2,1-4H3,(H,19,22,23)/t10-,11-,12-,14-/m1/s1. The summed E-state index contributed by atoms with van der Waals surface area (Å²) >= 11 is 0. The van der Waals surface area contributed by atoms with E-state index < -0.39 is 55.0 Å². The Morgan fingerprint density at radius 2 is 2.00 bits per heavy atom. The molecule has 0 saturated carbocycles. The van der Waals surface area contributed by atoms with Crippen molar-refractivity contribution in [1.29, 1.82) is 0 Å². The van der Waals surface area contributed by atoms with Crippen molar-refractivity contribution in [1.82, 2.24) is 9.55 Å². The molecule has 2 rings (SSSR count). The SMILES string of the molecule is COCCO[C@@H]1[C@H](O)[C@@H](CC(F)(F)P(C)(C)=O)O[C@H]1n1cc(C)c(=O)[nH]c1=O. The first kappa shape index (κ1) is 22.9. The zero-order valence-electron chi connectivity index (χ0n) is 16.1. The smallest absolute Gasteiger partial charge is 0.330 e. The first-order valence-corrected chi connectivity index (χ1v) is 11.2. The van der Waals surface area contributed by atoms with Crippen molar-refractivity contribution in [3.05, 3.63) is 32.6 Å². The molecule has 2 heterocycles. The van der Waals surface area contributed by atoms with Crippen molar-refractivity contribution < 1.29 is 32.7 Å². The second-order valence-corrected chi connectivity index (χ2v) is 10.4. The number of halogens is 2. The molecule has 2 N–H and O–H groups in total. The van der Waals surface area contributed by atoms with Gasteiger partial charge in [0, 0.05) is 25.3 Å². The molecule has 4 atom stereocenters. The fourth-order valence-corrected chi connectivity index (χ4v) is 3.42. The average Bonchev–Trinajstić information content (AvgIpc) is 2.86. The third-order valence-corrected chi connectivity index (χ3v) is 6.32. The predicted octanol–water partition coefficient (Wildman–Crippen LogP) is 0.741. The van der Waals surface area contributed by atoms with E-state index in [1.807, 2.05) is 0 Å². The Bertz CT molecular complexity index is 850. The number of methoxy groups -OCH3 is 1. The zero-order valence-corrected chi connectivity index (χ0v) is 16.9. The third-order valence-electron chi connectivity index (χ3n) is 4.57. The van der Waals surface area contributed by atoms with Crippen LogP contribution in [0.1, 0.15) is 18.2 Å². The van der Waals surface area contributed by atoms with E-state index in [2.05, 4.69) is 4.98 Å².